The lowest BCUT2D eigenvalue weighted by Crippen LogP contribution is -2.56. The highest BCUT2D eigenvalue weighted by Gasteiger charge is 2.53. The molecule has 4 heteroatoms. The second-order valence-corrected chi connectivity index (χ2v) is 8.91. The van der Waals surface area contributed by atoms with Crippen molar-refractivity contribution in [3.05, 3.63) is 35.9 Å². The minimum atomic E-state index is -0.870. The molecule has 4 fully saturated rings. The summed E-state index contributed by atoms with van der Waals surface area (Å²) in [5.41, 5.74) is 0.958. The Morgan fingerprint density at radius 2 is 1.58 bits per heavy atom. The first-order chi connectivity index (χ1) is 12.4. The Morgan fingerprint density at radius 1 is 1.04 bits per heavy atom. The number of nitrogens with one attached hydrogen (secondary N) is 1. The molecule has 0 saturated heterocycles. The summed E-state index contributed by atoms with van der Waals surface area (Å²) in [6.45, 7) is 3.51. The molecule has 4 nitrogen and oxygen atoms in total. The molecule has 1 aromatic rings. The Bertz CT molecular complexity index is 649. The van der Waals surface area contributed by atoms with Crippen molar-refractivity contribution < 1.29 is 14.3 Å². The molecule has 4 aliphatic carbocycles. The zero-order valence-corrected chi connectivity index (χ0v) is 15.7. The Balaban J connectivity index is 1.50. The molecule has 0 radical (unpaired) electrons. The van der Waals surface area contributed by atoms with Gasteiger partial charge in [-0.25, -0.2) is 0 Å². The van der Waals surface area contributed by atoms with Gasteiger partial charge in [0, 0.05) is 18.5 Å². The van der Waals surface area contributed by atoms with Gasteiger partial charge in [0.05, 0.1) is 0 Å². The molecular formula is C22H29NO3. The van der Waals surface area contributed by atoms with Crippen LogP contribution in [0.3, 0.4) is 0 Å². The first-order valence-electron chi connectivity index (χ1n) is 9.98. The highest BCUT2D eigenvalue weighted by atomic mass is 16.5. The maximum atomic E-state index is 13.0. The molecule has 1 amide bonds. The predicted octanol–water partition coefficient (Wildman–Crippen LogP) is 4.01. The van der Waals surface area contributed by atoms with Crippen LogP contribution in [-0.2, 0) is 14.3 Å². The van der Waals surface area contributed by atoms with E-state index in [-0.39, 0.29) is 17.4 Å². The van der Waals surface area contributed by atoms with Crippen molar-refractivity contribution >= 4 is 11.9 Å². The Kier molecular flexibility index (Phi) is 4.54. The number of amides is 1. The average molecular weight is 355 g/mol. The summed E-state index contributed by atoms with van der Waals surface area (Å²) in [7, 11) is 0. The van der Waals surface area contributed by atoms with E-state index in [0.29, 0.717) is 0 Å². The van der Waals surface area contributed by atoms with Gasteiger partial charge in [-0.15, -0.1) is 0 Å². The number of carbonyl (C=O) groups excluding carboxylic acids is 2. The van der Waals surface area contributed by atoms with Gasteiger partial charge in [-0.3, -0.25) is 9.59 Å². The van der Waals surface area contributed by atoms with Crippen LogP contribution >= 0.6 is 0 Å². The van der Waals surface area contributed by atoms with E-state index in [1.165, 1.54) is 45.4 Å². The van der Waals surface area contributed by atoms with Gasteiger partial charge in [0.2, 0.25) is 6.10 Å². The predicted molar refractivity (Wildman–Crippen MR) is 99.2 cm³/mol. The number of hydrogen-bond acceptors (Lipinski definition) is 3. The van der Waals surface area contributed by atoms with Gasteiger partial charge in [0.15, 0.2) is 0 Å². The van der Waals surface area contributed by atoms with Crippen LogP contribution in [0.25, 0.3) is 0 Å². The minimum Gasteiger partial charge on any atom is -0.447 e. The van der Waals surface area contributed by atoms with Gasteiger partial charge in [-0.2, -0.15) is 0 Å². The molecule has 1 aromatic carbocycles. The van der Waals surface area contributed by atoms with Crippen LogP contribution in [-0.4, -0.2) is 17.9 Å². The molecule has 4 aliphatic rings. The van der Waals surface area contributed by atoms with Crippen molar-refractivity contribution in [1.29, 1.82) is 0 Å². The van der Waals surface area contributed by atoms with Gasteiger partial charge in [0.25, 0.3) is 5.91 Å². The number of ether oxygens (including phenoxy) is 1. The van der Waals surface area contributed by atoms with Crippen molar-refractivity contribution in [3.8, 4) is 0 Å². The van der Waals surface area contributed by atoms with Crippen LogP contribution in [0, 0.1) is 23.2 Å². The molecular weight excluding hydrogens is 326 g/mol. The first-order valence-corrected chi connectivity index (χ1v) is 9.98. The van der Waals surface area contributed by atoms with Crippen LogP contribution in [0.2, 0.25) is 0 Å². The van der Waals surface area contributed by atoms with E-state index in [0.717, 1.165) is 23.3 Å². The van der Waals surface area contributed by atoms with E-state index in [9.17, 15) is 9.59 Å². The van der Waals surface area contributed by atoms with Gasteiger partial charge < -0.3 is 10.1 Å². The SMILES string of the molecule is CC(=O)O[C@H](C(=O)N[C@H](C)C12CC3CC(CC(C3)C1)C2)c1ccccc1. The summed E-state index contributed by atoms with van der Waals surface area (Å²) in [6.07, 6.45) is 7.02. The molecule has 0 aliphatic heterocycles. The first kappa shape index (κ1) is 17.6. The van der Waals surface area contributed by atoms with Gasteiger partial charge in [-0.05, 0) is 68.6 Å². The van der Waals surface area contributed by atoms with E-state index in [1.807, 2.05) is 30.3 Å². The third-order valence-corrected chi connectivity index (χ3v) is 6.99. The lowest BCUT2D eigenvalue weighted by Gasteiger charge is -2.59. The Hall–Kier alpha value is -1.84. The lowest BCUT2D eigenvalue weighted by molar-refractivity contribution is -0.155. The summed E-state index contributed by atoms with van der Waals surface area (Å²) in [5.74, 6) is 1.91. The standard InChI is InChI=1S/C22H29NO3/c1-14(22-11-16-8-17(12-22)10-18(9-16)13-22)23-21(25)20(26-15(2)24)19-6-4-3-5-7-19/h3-7,14,16-18,20H,8-13H2,1-2H3,(H,23,25)/t14-,16?,17?,18?,20+,22?/m1/s1. The molecule has 2 atom stereocenters. The number of hydrogen-bond donors (Lipinski definition) is 1. The average Bonchev–Trinajstić information content (AvgIpc) is 2.59. The quantitative estimate of drug-likeness (QED) is 0.812. The van der Waals surface area contributed by atoms with Crippen LogP contribution in [0.4, 0.5) is 0 Å². The van der Waals surface area contributed by atoms with Crippen molar-refractivity contribution in [1.82, 2.24) is 5.32 Å². The van der Waals surface area contributed by atoms with Crippen LogP contribution in [0.5, 0.6) is 0 Å². The van der Waals surface area contributed by atoms with Crippen LogP contribution < -0.4 is 5.32 Å². The number of benzene rings is 1. The number of rotatable bonds is 5. The summed E-state index contributed by atoms with van der Waals surface area (Å²) < 4.78 is 5.37. The lowest BCUT2D eigenvalue weighted by atomic mass is 9.48. The maximum Gasteiger partial charge on any atom is 0.303 e. The van der Waals surface area contributed by atoms with Crippen molar-refractivity contribution in [2.75, 3.05) is 0 Å². The largest absolute Gasteiger partial charge is 0.447 e. The molecule has 1 N–H and O–H groups in total. The second-order valence-electron chi connectivity index (χ2n) is 8.91. The fourth-order valence-corrected chi connectivity index (χ4v) is 6.22. The fraction of sp³-hybridized carbons (Fsp3) is 0.636. The smallest absolute Gasteiger partial charge is 0.303 e. The van der Waals surface area contributed by atoms with E-state index in [1.54, 1.807) is 0 Å². The highest BCUT2D eigenvalue weighted by Crippen LogP contribution is 2.61. The molecule has 4 saturated carbocycles. The zero-order chi connectivity index (χ0) is 18.3. The Morgan fingerprint density at radius 3 is 2.08 bits per heavy atom. The molecule has 4 bridgehead atoms. The van der Waals surface area contributed by atoms with E-state index in [4.69, 9.17) is 4.74 Å². The zero-order valence-electron chi connectivity index (χ0n) is 15.7. The van der Waals surface area contributed by atoms with Gasteiger partial charge in [0.1, 0.15) is 0 Å². The molecule has 5 rings (SSSR count). The normalized spacial score (nSPS) is 34.2. The molecule has 0 aromatic heterocycles. The molecule has 0 unspecified atom stereocenters. The van der Waals surface area contributed by atoms with Gasteiger partial charge >= 0.3 is 5.97 Å². The second kappa shape index (κ2) is 6.71. The molecule has 0 heterocycles. The van der Waals surface area contributed by atoms with Crippen molar-refractivity contribution in [2.45, 2.75) is 64.5 Å². The van der Waals surface area contributed by atoms with Crippen molar-refractivity contribution in [2.24, 2.45) is 23.2 Å². The third-order valence-electron chi connectivity index (χ3n) is 6.99. The summed E-state index contributed by atoms with van der Waals surface area (Å²) >= 11 is 0. The molecule has 0 spiro atoms. The third kappa shape index (κ3) is 3.26. The fourth-order valence-electron chi connectivity index (χ4n) is 6.22. The van der Waals surface area contributed by atoms with E-state index in [2.05, 4.69) is 12.2 Å². The minimum absolute atomic E-state index is 0.116. The number of carbonyl (C=O) groups is 2. The highest BCUT2D eigenvalue weighted by molar-refractivity contribution is 5.84. The van der Waals surface area contributed by atoms with Gasteiger partial charge in [-0.1, -0.05) is 30.3 Å². The van der Waals surface area contributed by atoms with E-state index < -0.39 is 12.1 Å². The molecule has 26 heavy (non-hydrogen) atoms. The van der Waals surface area contributed by atoms with Crippen LogP contribution in [0.1, 0.15) is 64.0 Å². The summed E-state index contributed by atoms with van der Waals surface area (Å²) in [6, 6.07) is 9.41. The topological polar surface area (TPSA) is 55.4 Å². The van der Waals surface area contributed by atoms with E-state index >= 15 is 0 Å². The number of esters is 1. The summed E-state index contributed by atoms with van der Waals surface area (Å²) in [4.78, 5) is 24.5. The monoisotopic (exact) mass is 355 g/mol. The maximum absolute atomic E-state index is 13.0. The van der Waals surface area contributed by atoms with Crippen LogP contribution in [0.15, 0.2) is 30.3 Å². The van der Waals surface area contributed by atoms with Crippen molar-refractivity contribution in [3.63, 3.8) is 0 Å². The molecule has 140 valence electrons. The summed E-state index contributed by atoms with van der Waals surface area (Å²) in [5, 5.41) is 3.22. The Labute approximate surface area is 155 Å².